The van der Waals surface area contributed by atoms with Gasteiger partial charge in [0, 0.05) is 37.6 Å². The van der Waals surface area contributed by atoms with Gasteiger partial charge in [0.2, 0.25) is 5.91 Å². The predicted octanol–water partition coefficient (Wildman–Crippen LogP) is 3.47. The summed E-state index contributed by atoms with van der Waals surface area (Å²) in [7, 11) is 0. The molecule has 168 valence electrons. The molecule has 0 bridgehead atoms. The average Bonchev–Trinajstić information content (AvgIpc) is 3.19. The van der Waals surface area contributed by atoms with Crippen molar-refractivity contribution in [3.63, 3.8) is 0 Å². The molecule has 2 aliphatic heterocycles. The molecule has 2 aromatic carbocycles. The van der Waals surface area contributed by atoms with Crippen molar-refractivity contribution >= 4 is 16.8 Å². The minimum absolute atomic E-state index is 0.0587. The van der Waals surface area contributed by atoms with E-state index in [1.165, 1.54) is 17.7 Å². The number of amides is 1. The van der Waals surface area contributed by atoms with Gasteiger partial charge in [-0.15, -0.1) is 0 Å². The molecule has 7 heteroatoms. The molecule has 2 fully saturated rings. The summed E-state index contributed by atoms with van der Waals surface area (Å²) in [4.78, 5) is 15.9. The fraction of sp³-hybridized carbons (Fsp3) is 0.440. The average molecular weight is 438 g/mol. The zero-order chi connectivity index (χ0) is 22.0. The minimum Gasteiger partial charge on any atom is -0.381 e. The summed E-state index contributed by atoms with van der Waals surface area (Å²) in [5.41, 5.74) is 2.21. The Hall–Kier alpha value is -2.77. The van der Waals surface area contributed by atoms with Crippen LogP contribution in [0.4, 0.5) is 4.39 Å². The monoisotopic (exact) mass is 437 g/mol. The first-order valence-electron chi connectivity index (χ1n) is 11.3. The lowest BCUT2D eigenvalue weighted by Crippen LogP contribution is -2.51. The van der Waals surface area contributed by atoms with Crippen molar-refractivity contribution in [3.8, 4) is 0 Å². The Morgan fingerprint density at radius 2 is 2.00 bits per heavy atom. The Bertz CT molecular complexity index is 1090. The van der Waals surface area contributed by atoms with E-state index in [1.54, 1.807) is 6.07 Å². The Balaban J connectivity index is 1.40. The van der Waals surface area contributed by atoms with E-state index in [0.29, 0.717) is 52.4 Å². The van der Waals surface area contributed by atoms with Crippen LogP contribution in [0.3, 0.4) is 0 Å². The maximum Gasteiger partial charge on any atom is 0.233 e. The van der Waals surface area contributed by atoms with Crippen LogP contribution in [0.15, 0.2) is 48.7 Å². The fourth-order valence-electron chi connectivity index (χ4n) is 5.14. The molecular formula is C25H28FN3O3. The predicted molar refractivity (Wildman–Crippen MR) is 119 cm³/mol. The second kappa shape index (κ2) is 9.00. The molecule has 3 heterocycles. The molecule has 5 rings (SSSR count). The summed E-state index contributed by atoms with van der Waals surface area (Å²) in [5.74, 6) is -0.0822. The van der Waals surface area contributed by atoms with Gasteiger partial charge < -0.3 is 14.4 Å². The first-order valence-corrected chi connectivity index (χ1v) is 11.3. The fourth-order valence-corrected chi connectivity index (χ4v) is 5.14. The summed E-state index contributed by atoms with van der Waals surface area (Å²) >= 11 is 0. The van der Waals surface area contributed by atoms with E-state index < -0.39 is 5.41 Å². The molecule has 0 radical (unpaired) electrons. The number of nitrogens with one attached hydrogen (secondary N) is 1. The van der Waals surface area contributed by atoms with Gasteiger partial charge in [0.05, 0.1) is 30.3 Å². The van der Waals surface area contributed by atoms with Crippen molar-refractivity contribution in [2.45, 2.75) is 24.7 Å². The highest BCUT2D eigenvalue weighted by atomic mass is 19.1. The van der Waals surface area contributed by atoms with Crippen molar-refractivity contribution in [2.24, 2.45) is 5.92 Å². The molecule has 2 aliphatic rings. The van der Waals surface area contributed by atoms with Crippen molar-refractivity contribution in [2.75, 3.05) is 39.5 Å². The number of carbonyl (C=O) groups is 1. The van der Waals surface area contributed by atoms with Crippen LogP contribution < -0.4 is 0 Å². The third kappa shape index (κ3) is 4.02. The quantitative estimate of drug-likeness (QED) is 0.679. The number of benzene rings is 2. The summed E-state index contributed by atoms with van der Waals surface area (Å²) < 4.78 is 25.6. The molecule has 1 amide bonds. The first-order chi connectivity index (χ1) is 15.7. The number of rotatable bonds is 4. The Morgan fingerprint density at radius 1 is 1.16 bits per heavy atom. The van der Waals surface area contributed by atoms with E-state index in [2.05, 4.69) is 16.3 Å². The van der Waals surface area contributed by atoms with E-state index in [9.17, 15) is 9.18 Å². The number of aromatic nitrogens is 2. The lowest BCUT2D eigenvalue weighted by atomic mass is 9.72. The standard InChI is InChI=1S/C25H28FN3O3/c26-21-5-2-4-20(14-21)25(7-10-31-11-8-25)24(30)29-9-12-32-17-18(16-29)13-19-3-1-6-23-22(19)15-27-28-23/h1-6,14-15,18H,7-13,16-17H2,(H,27,28)/t18-/m0/s1. The molecule has 1 N–H and O–H groups in total. The van der Waals surface area contributed by atoms with Gasteiger partial charge in [-0.05, 0) is 48.6 Å². The topological polar surface area (TPSA) is 67.5 Å². The molecule has 6 nitrogen and oxygen atoms in total. The SMILES string of the molecule is O=C(N1CCOC[C@@H](Cc2cccc3[nH]ncc23)C1)C1(c2cccc(F)c2)CCOCC1. The number of halogens is 1. The van der Waals surface area contributed by atoms with E-state index in [-0.39, 0.29) is 17.6 Å². The number of hydrogen-bond donors (Lipinski definition) is 1. The maximum atomic E-state index is 14.1. The van der Waals surface area contributed by atoms with Crippen molar-refractivity contribution in [1.82, 2.24) is 15.1 Å². The smallest absolute Gasteiger partial charge is 0.233 e. The lowest BCUT2D eigenvalue weighted by Gasteiger charge is -2.40. The zero-order valence-electron chi connectivity index (χ0n) is 18.1. The van der Waals surface area contributed by atoms with Gasteiger partial charge in [-0.1, -0.05) is 24.3 Å². The summed E-state index contributed by atoms with van der Waals surface area (Å²) in [6.45, 7) is 3.27. The van der Waals surface area contributed by atoms with Crippen LogP contribution in [0.1, 0.15) is 24.0 Å². The van der Waals surface area contributed by atoms with Gasteiger partial charge in [-0.2, -0.15) is 5.10 Å². The molecule has 0 unspecified atom stereocenters. The van der Waals surface area contributed by atoms with E-state index in [1.807, 2.05) is 29.3 Å². The molecule has 0 spiro atoms. The number of nitrogens with zero attached hydrogens (tertiary/aromatic N) is 2. The van der Waals surface area contributed by atoms with E-state index in [4.69, 9.17) is 9.47 Å². The van der Waals surface area contributed by atoms with Gasteiger partial charge in [0.1, 0.15) is 5.82 Å². The van der Waals surface area contributed by atoms with Gasteiger partial charge in [0.25, 0.3) is 0 Å². The van der Waals surface area contributed by atoms with Crippen LogP contribution in [0.5, 0.6) is 0 Å². The third-order valence-corrected chi connectivity index (χ3v) is 6.84. The largest absolute Gasteiger partial charge is 0.381 e. The van der Waals surface area contributed by atoms with Crippen LogP contribution in [-0.4, -0.2) is 60.5 Å². The Kier molecular flexibility index (Phi) is 5.93. The van der Waals surface area contributed by atoms with E-state index >= 15 is 0 Å². The van der Waals surface area contributed by atoms with Gasteiger partial charge in [-0.25, -0.2) is 4.39 Å². The number of H-pyrrole nitrogens is 1. The van der Waals surface area contributed by atoms with Gasteiger partial charge in [-0.3, -0.25) is 9.89 Å². The maximum absolute atomic E-state index is 14.1. The normalized spacial score (nSPS) is 21.4. The van der Waals surface area contributed by atoms with Crippen molar-refractivity contribution in [1.29, 1.82) is 0 Å². The highest BCUT2D eigenvalue weighted by Crippen LogP contribution is 2.37. The second-order valence-corrected chi connectivity index (χ2v) is 8.85. The molecular weight excluding hydrogens is 409 g/mol. The molecule has 3 aromatic rings. The van der Waals surface area contributed by atoms with Crippen molar-refractivity contribution < 1.29 is 18.7 Å². The van der Waals surface area contributed by atoms with Crippen LogP contribution in [0.25, 0.3) is 10.9 Å². The van der Waals surface area contributed by atoms with Gasteiger partial charge >= 0.3 is 0 Å². The van der Waals surface area contributed by atoms with Gasteiger partial charge in [0.15, 0.2) is 0 Å². The highest BCUT2D eigenvalue weighted by Gasteiger charge is 2.44. The number of hydrogen-bond acceptors (Lipinski definition) is 4. The van der Waals surface area contributed by atoms with Crippen LogP contribution >= 0.6 is 0 Å². The summed E-state index contributed by atoms with van der Waals surface area (Å²) in [6.07, 6.45) is 3.78. The molecule has 0 saturated carbocycles. The Labute approximate surface area is 186 Å². The number of fused-ring (bicyclic) bond motifs is 1. The zero-order valence-corrected chi connectivity index (χ0v) is 18.1. The Morgan fingerprint density at radius 3 is 2.84 bits per heavy atom. The molecule has 0 aliphatic carbocycles. The van der Waals surface area contributed by atoms with E-state index in [0.717, 1.165) is 22.9 Å². The summed E-state index contributed by atoms with van der Waals surface area (Å²) in [6, 6.07) is 12.6. The lowest BCUT2D eigenvalue weighted by molar-refractivity contribution is -0.141. The number of ether oxygens (including phenoxy) is 2. The van der Waals surface area contributed by atoms with Crippen LogP contribution in [0, 0.1) is 11.7 Å². The summed E-state index contributed by atoms with van der Waals surface area (Å²) in [5, 5.41) is 8.29. The molecule has 32 heavy (non-hydrogen) atoms. The second-order valence-electron chi connectivity index (χ2n) is 8.85. The highest BCUT2D eigenvalue weighted by molar-refractivity contribution is 5.88. The first kappa shape index (κ1) is 21.1. The number of aromatic amines is 1. The van der Waals surface area contributed by atoms with Crippen LogP contribution in [0.2, 0.25) is 0 Å². The molecule has 1 aromatic heterocycles. The molecule has 1 atom stereocenters. The number of carbonyl (C=O) groups excluding carboxylic acids is 1. The third-order valence-electron chi connectivity index (χ3n) is 6.84. The minimum atomic E-state index is -0.750. The molecule has 2 saturated heterocycles. The van der Waals surface area contributed by atoms with Crippen molar-refractivity contribution in [3.05, 3.63) is 65.6 Å². The van der Waals surface area contributed by atoms with Crippen LogP contribution in [-0.2, 0) is 26.1 Å².